The first kappa shape index (κ1) is 11.5. The molecule has 1 rings (SSSR count). The quantitative estimate of drug-likeness (QED) is 0.759. The fourth-order valence-electron chi connectivity index (χ4n) is 0.939. The molecule has 1 aromatic carbocycles. The summed E-state index contributed by atoms with van der Waals surface area (Å²) >= 11 is 0. The fraction of sp³-hybridized carbons (Fsp3) is 0.364. The highest BCUT2D eigenvalue weighted by atomic mass is 16.5. The molecule has 0 saturated heterocycles. The van der Waals surface area contributed by atoms with Crippen LogP contribution >= 0.6 is 0 Å². The van der Waals surface area contributed by atoms with E-state index in [2.05, 4.69) is 0 Å². The normalized spacial score (nSPS) is 14.3. The summed E-state index contributed by atoms with van der Waals surface area (Å²) in [5, 5.41) is 0. The van der Waals surface area contributed by atoms with Gasteiger partial charge >= 0.3 is 0 Å². The van der Waals surface area contributed by atoms with Crippen LogP contribution in [0.1, 0.15) is 12.5 Å². The molecular formula is C11H16N2O2. The molecule has 0 aliphatic rings. The monoisotopic (exact) mass is 208 g/mol. The standard InChI is InChI=1S/C11H16N2O2/c1-8-3-5-9(6-4-8)15-7-11(2,13)10(12)14/h3-6H,7,13H2,1-2H3,(H2,12,14). The molecular weight excluding hydrogens is 192 g/mol. The number of rotatable bonds is 4. The number of benzene rings is 1. The molecule has 4 nitrogen and oxygen atoms in total. The van der Waals surface area contributed by atoms with Gasteiger partial charge in [-0.1, -0.05) is 17.7 Å². The van der Waals surface area contributed by atoms with Gasteiger partial charge in [0.25, 0.3) is 0 Å². The van der Waals surface area contributed by atoms with Crippen LogP contribution in [0.2, 0.25) is 0 Å². The average molecular weight is 208 g/mol. The lowest BCUT2D eigenvalue weighted by Crippen LogP contribution is -2.53. The molecule has 1 amide bonds. The first-order valence-electron chi connectivity index (χ1n) is 4.70. The largest absolute Gasteiger partial charge is 0.491 e. The highest BCUT2D eigenvalue weighted by Gasteiger charge is 2.26. The Hall–Kier alpha value is -1.55. The van der Waals surface area contributed by atoms with Crippen molar-refractivity contribution in [3.63, 3.8) is 0 Å². The van der Waals surface area contributed by atoms with E-state index in [9.17, 15) is 4.79 Å². The van der Waals surface area contributed by atoms with Crippen LogP contribution in [-0.2, 0) is 4.79 Å². The summed E-state index contributed by atoms with van der Waals surface area (Å²) in [5.41, 5.74) is 10.8. The van der Waals surface area contributed by atoms with E-state index in [-0.39, 0.29) is 6.61 Å². The van der Waals surface area contributed by atoms with E-state index in [0.717, 1.165) is 5.56 Å². The van der Waals surface area contributed by atoms with Crippen molar-refractivity contribution in [1.29, 1.82) is 0 Å². The topological polar surface area (TPSA) is 78.3 Å². The van der Waals surface area contributed by atoms with Crippen LogP contribution in [-0.4, -0.2) is 18.1 Å². The minimum atomic E-state index is -1.13. The van der Waals surface area contributed by atoms with Crippen LogP contribution in [0.15, 0.2) is 24.3 Å². The van der Waals surface area contributed by atoms with Crippen molar-refractivity contribution in [2.24, 2.45) is 11.5 Å². The van der Waals surface area contributed by atoms with E-state index < -0.39 is 11.4 Å². The van der Waals surface area contributed by atoms with Crippen LogP contribution in [0.4, 0.5) is 0 Å². The van der Waals surface area contributed by atoms with E-state index in [1.165, 1.54) is 0 Å². The maximum atomic E-state index is 10.9. The molecule has 82 valence electrons. The number of nitrogens with two attached hydrogens (primary N) is 2. The average Bonchev–Trinajstić information content (AvgIpc) is 2.17. The predicted molar refractivity (Wildman–Crippen MR) is 58.5 cm³/mol. The van der Waals surface area contributed by atoms with Crippen molar-refractivity contribution in [2.75, 3.05) is 6.61 Å². The second-order valence-corrected chi connectivity index (χ2v) is 3.88. The Morgan fingerprint density at radius 1 is 1.40 bits per heavy atom. The first-order valence-corrected chi connectivity index (χ1v) is 4.70. The van der Waals surface area contributed by atoms with Crippen molar-refractivity contribution in [3.8, 4) is 5.75 Å². The summed E-state index contributed by atoms with van der Waals surface area (Å²) < 4.78 is 5.36. The third-order valence-electron chi connectivity index (χ3n) is 2.12. The minimum Gasteiger partial charge on any atom is -0.491 e. The number of aryl methyl sites for hydroxylation is 1. The smallest absolute Gasteiger partial charge is 0.240 e. The third kappa shape index (κ3) is 3.25. The van der Waals surface area contributed by atoms with Gasteiger partial charge in [0.05, 0.1) is 0 Å². The molecule has 4 heteroatoms. The molecule has 1 aromatic rings. The Kier molecular flexibility index (Phi) is 3.31. The minimum absolute atomic E-state index is 0.0748. The van der Waals surface area contributed by atoms with Gasteiger partial charge < -0.3 is 16.2 Å². The SMILES string of the molecule is Cc1ccc(OCC(C)(N)C(N)=O)cc1. The van der Waals surface area contributed by atoms with Crippen LogP contribution in [0, 0.1) is 6.92 Å². The van der Waals surface area contributed by atoms with E-state index in [4.69, 9.17) is 16.2 Å². The Bertz CT molecular complexity index is 344. The van der Waals surface area contributed by atoms with Gasteiger partial charge in [-0.3, -0.25) is 4.79 Å². The number of amides is 1. The summed E-state index contributed by atoms with van der Waals surface area (Å²) in [6.07, 6.45) is 0. The lowest BCUT2D eigenvalue weighted by Gasteiger charge is -2.20. The van der Waals surface area contributed by atoms with Crippen LogP contribution in [0.5, 0.6) is 5.75 Å². The lowest BCUT2D eigenvalue weighted by atomic mass is 10.1. The highest BCUT2D eigenvalue weighted by molar-refractivity contribution is 5.84. The van der Waals surface area contributed by atoms with Crippen molar-refractivity contribution in [2.45, 2.75) is 19.4 Å². The van der Waals surface area contributed by atoms with Gasteiger partial charge in [-0.15, -0.1) is 0 Å². The zero-order valence-electron chi connectivity index (χ0n) is 8.99. The number of hydrogen-bond acceptors (Lipinski definition) is 3. The van der Waals surface area contributed by atoms with Crippen molar-refractivity contribution < 1.29 is 9.53 Å². The van der Waals surface area contributed by atoms with Gasteiger partial charge in [-0.2, -0.15) is 0 Å². The maximum Gasteiger partial charge on any atom is 0.240 e. The Morgan fingerprint density at radius 3 is 2.40 bits per heavy atom. The maximum absolute atomic E-state index is 10.9. The molecule has 0 spiro atoms. The van der Waals surface area contributed by atoms with Crippen LogP contribution in [0.3, 0.4) is 0 Å². The summed E-state index contributed by atoms with van der Waals surface area (Å²) in [6.45, 7) is 3.61. The second kappa shape index (κ2) is 4.31. The van der Waals surface area contributed by atoms with Crippen LogP contribution < -0.4 is 16.2 Å². The molecule has 0 radical (unpaired) electrons. The zero-order chi connectivity index (χ0) is 11.5. The molecule has 0 bridgehead atoms. The molecule has 0 fully saturated rings. The zero-order valence-corrected chi connectivity index (χ0v) is 8.99. The van der Waals surface area contributed by atoms with E-state index in [0.29, 0.717) is 5.75 Å². The summed E-state index contributed by atoms with van der Waals surface area (Å²) in [7, 11) is 0. The molecule has 0 aromatic heterocycles. The Labute approximate surface area is 89.2 Å². The number of ether oxygens (including phenoxy) is 1. The van der Waals surface area contributed by atoms with Gasteiger partial charge in [0.1, 0.15) is 17.9 Å². The van der Waals surface area contributed by atoms with E-state index in [1.807, 2.05) is 31.2 Å². The number of carbonyl (C=O) groups is 1. The highest BCUT2D eigenvalue weighted by Crippen LogP contribution is 2.12. The molecule has 4 N–H and O–H groups in total. The molecule has 15 heavy (non-hydrogen) atoms. The second-order valence-electron chi connectivity index (χ2n) is 3.88. The van der Waals surface area contributed by atoms with Gasteiger partial charge in [0, 0.05) is 0 Å². The van der Waals surface area contributed by atoms with E-state index >= 15 is 0 Å². The molecule has 0 heterocycles. The fourth-order valence-corrected chi connectivity index (χ4v) is 0.939. The predicted octanol–water partition coefficient (Wildman–Crippen LogP) is 0.577. The summed E-state index contributed by atoms with van der Waals surface area (Å²) in [6, 6.07) is 7.50. The van der Waals surface area contributed by atoms with Gasteiger partial charge in [0.15, 0.2) is 0 Å². The first-order chi connectivity index (χ1) is 6.92. The third-order valence-corrected chi connectivity index (χ3v) is 2.12. The number of carbonyl (C=O) groups excluding carboxylic acids is 1. The van der Waals surface area contributed by atoms with Crippen LogP contribution in [0.25, 0.3) is 0 Å². The van der Waals surface area contributed by atoms with E-state index in [1.54, 1.807) is 6.92 Å². The van der Waals surface area contributed by atoms with Crippen molar-refractivity contribution >= 4 is 5.91 Å². The Balaban J connectivity index is 2.57. The Morgan fingerprint density at radius 2 is 1.93 bits per heavy atom. The van der Waals surface area contributed by atoms with Crippen molar-refractivity contribution in [1.82, 2.24) is 0 Å². The van der Waals surface area contributed by atoms with Gasteiger partial charge in [0.2, 0.25) is 5.91 Å². The molecule has 0 aliphatic heterocycles. The van der Waals surface area contributed by atoms with Gasteiger partial charge in [-0.25, -0.2) is 0 Å². The molecule has 0 aliphatic carbocycles. The summed E-state index contributed by atoms with van der Waals surface area (Å²) in [4.78, 5) is 10.9. The lowest BCUT2D eigenvalue weighted by molar-refractivity contribution is -0.123. The molecule has 1 atom stereocenters. The number of hydrogen-bond donors (Lipinski definition) is 2. The summed E-state index contributed by atoms with van der Waals surface area (Å²) in [5.74, 6) is 0.105. The number of primary amides is 1. The molecule has 0 saturated carbocycles. The molecule has 1 unspecified atom stereocenters. The van der Waals surface area contributed by atoms with Gasteiger partial charge in [-0.05, 0) is 26.0 Å². The van der Waals surface area contributed by atoms with Crippen molar-refractivity contribution in [3.05, 3.63) is 29.8 Å².